The number of methoxy groups -OCH3 is 2. The summed E-state index contributed by atoms with van der Waals surface area (Å²) in [6, 6.07) is 0.416. The summed E-state index contributed by atoms with van der Waals surface area (Å²) in [6.07, 6.45) is 3.97. The lowest BCUT2D eigenvalue weighted by atomic mass is 9.93. The van der Waals surface area contributed by atoms with E-state index in [0.717, 1.165) is 32.4 Å². The number of carbonyl (C=O) groups is 1. The van der Waals surface area contributed by atoms with Gasteiger partial charge in [-0.05, 0) is 12.8 Å². The molecular formula is C12H21NO3. The molecule has 1 saturated heterocycles. The van der Waals surface area contributed by atoms with Crippen molar-refractivity contribution < 1.29 is 14.3 Å². The van der Waals surface area contributed by atoms with Crippen molar-refractivity contribution in [2.24, 2.45) is 0 Å². The second kappa shape index (κ2) is 5.25. The largest absolute Gasteiger partial charge is 0.377 e. The van der Waals surface area contributed by atoms with Crippen LogP contribution in [0.25, 0.3) is 0 Å². The molecule has 0 N–H and O–H groups in total. The van der Waals surface area contributed by atoms with E-state index in [4.69, 9.17) is 9.47 Å². The fourth-order valence-electron chi connectivity index (χ4n) is 2.84. The summed E-state index contributed by atoms with van der Waals surface area (Å²) >= 11 is 0. The van der Waals surface area contributed by atoms with E-state index in [1.807, 2.05) is 0 Å². The maximum absolute atomic E-state index is 11.4. The molecule has 0 spiro atoms. The quantitative estimate of drug-likeness (QED) is 0.716. The number of rotatable bonds is 3. The molecule has 1 aliphatic heterocycles. The smallest absolute Gasteiger partial charge is 0.134 e. The van der Waals surface area contributed by atoms with Crippen molar-refractivity contribution in [2.75, 3.05) is 27.3 Å². The minimum atomic E-state index is 0.155. The van der Waals surface area contributed by atoms with Gasteiger partial charge in [-0.2, -0.15) is 0 Å². The molecule has 3 unspecified atom stereocenters. The van der Waals surface area contributed by atoms with Crippen molar-refractivity contribution in [1.29, 1.82) is 0 Å². The van der Waals surface area contributed by atoms with Gasteiger partial charge in [0.2, 0.25) is 0 Å². The number of likely N-dealkylation sites (tertiary alicyclic amines) is 1. The van der Waals surface area contributed by atoms with Crippen LogP contribution in [0.15, 0.2) is 0 Å². The number of ether oxygens (including phenoxy) is 2. The van der Waals surface area contributed by atoms with Gasteiger partial charge in [0, 0.05) is 46.2 Å². The first-order valence-electron chi connectivity index (χ1n) is 6.06. The predicted molar refractivity (Wildman–Crippen MR) is 60.4 cm³/mol. The lowest BCUT2D eigenvalue weighted by Crippen LogP contribution is -2.38. The van der Waals surface area contributed by atoms with Gasteiger partial charge in [-0.3, -0.25) is 9.69 Å². The first-order valence-corrected chi connectivity index (χ1v) is 6.06. The number of ketones is 1. The van der Waals surface area contributed by atoms with E-state index in [1.54, 1.807) is 14.2 Å². The zero-order valence-corrected chi connectivity index (χ0v) is 10.1. The third kappa shape index (κ3) is 2.44. The van der Waals surface area contributed by atoms with Crippen LogP contribution in [-0.4, -0.2) is 56.2 Å². The summed E-state index contributed by atoms with van der Waals surface area (Å²) in [5.41, 5.74) is 0. The molecule has 1 heterocycles. The molecule has 0 aromatic rings. The molecule has 16 heavy (non-hydrogen) atoms. The van der Waals surface area contributed by atoms with E-state index >= 15 is 0 Å². The molecule has 1 aliphatic carbocycles. The number of Topliss-reactive ketones (excluding diaryl/α,β-unsaturated/α-hetero) is 1. The van der Waals surface area contributed by atoms with Crippen molar-refractivity contribution in [1.82, 2.24) is 4.90 Å². The molecule has 1 saturated carbocycles. The molecular weight excluding hydrogens is 206 g/mol. The molecule has 2 rings (SSSR count). The van der Waals surface area contributed by atoms with Gasteiger partial charge in [-0.15, -0.1) is 0 Å². The summed E-state index contributed by atoms with van der Waals surface area (Å²) in [5.74, 6) is 0.408. The van der Waals surface area contributed by atoms with Crippen LogP contribution in [-0.2, 0) is 14.3 Å². The molecule has 3 atom stereocenters. The molecule has 0 aromatic carbocycles. The van der Waals surface area contributed by atoms with Gasteiger partial charge in [-0.1, -0.05) is 0 Å². The summed E-state index contributed by atoms with van der Waals surface area (Å²) in [6.45, 7) is 1.79. The SMILES string of the molecule is COC1CN(C2CCCC(=O)C2)CC1OC. The van der Waals surface area contributed by atoms with Crippen LogP contribution >= 0.6 is 0 Å². The lowest BCUT2D eigenvalue weighted by Gasteiger charge is -2.30. The van der Waals surface area contributed by atoms with E-state index in [-0.39, 0.29) is 12.2 Å². The Labute approximate surface area is 96.9 Å². The first-order chi connectivity index (χ1) is 7.74. The third-order valence-electron chi connectivity index (χ3n) is 3.82. The van der Waals surface area contributed by atoms with E-state index in [2.05, 4.69) is 4.90 Å². The number of hydrogen-bond acceptors (Lipinski definition) is 4. The highest BCUT2D eigenvalue weighted by atomic mass is 16.5. The van der Waals surface area contributed by atoms with Crippen LogP contribution in [0.4, 0.5) is 0 Å². The Morgan fingerprint density at radius 3 is 2.31 bits per heavy atom. The highest BCUT2D eigenvalue weighted by Crippen LogP contribution is 2.25. The lowest BCUT2D eigenvalue weighted by molar-refractivity contribution is -0.122. The molecule has 2 fully saturated rings. The van der Waals surface area contributed by atoms with Crippen molar-refractivity contribution in [3.05, 3.63) is 0 Å². The van der Waals surface area contributed by atoms with Gasteiger partial charge < -0.3 is 9.47 Å². The van der Waals surface area contributed by atoms with Gasteiger partial charge in [0.25, 0.3) is 0 Å². The fourth-order valence-corrected chi connectivity index (χ4v) is 2.84. The maximum atomic E-state index is 11.4. The Hall–Kier alpha value is -0.450. The van der Waals surface area contributed by atoms with Gasteiger partial charge in [-0.25, -0.2) is 0 Å². The normalized spacial score (nSPS) is 36.9. The number of nitrogens with zero attached hydrogens (tertiary/aromatic N) is 1. The minimum Gasteiger partial charge on any atom is -0.377 e. The average molecular weight is 227 g/mol. The molecule has 4 heteroatoms. The molecule has 0 bridgehead atoms. The van der Waals surface area contributed by atoms with E-state index in [0.29, 0.717) is 18.2 Å². The van der Waals surface area contributed by atoms with Gasteiger partial charge in [0.15, 0.2) is 0 Å². The van der Waals surface area contributed by atoms with Crippen LogP contribution in [0.1, 0.15) is 25.7 Å². The summed E-state index contributed by atoms with van der Waals surface area (Å²) in [7, 11) is 3.46. The molecule has 0 radical (unpaired) electrons. The van der Waals surface area contributed by atoms with Gasteiger partial charge in [0.1, 0.15) is 5.78 Å². The van der Waals surface area contributed by atoms with Crippen LogP contribution in [0.3, 0.4) is 0 Å². The number of hydrogen-bond donors (Lipinski definition) is 0. The zero-order valence-electron chi connectivity index (χ0n) is 10.1. The molecule has 92 valence electrons. The van der Waals surface area contributed by atoms with Crippen LogP contribution < -0.4 is 0 Å². The Balaban J connectivity index is 1.93. The van der Waals surface area contributed by atoms with Gasteiger partial charge in [0.05, 0.1) is 12.2 Å². The van der Waals surface area contributed by atoms with E-state index in [1.165, 1.54) is 0 Å². The fraction of sp³-hybridized carbons (Fsp3) is 0.917. The zero-order chi connectivity index (χ0) is 11.5. The van der Waals surface area contributed by atoms with E-state index < -0.39 is 0 Å². The maximum Gasteiger partial charge on any atom is 0.134 e. The molecule has 4 nitrogen and oxygen atoms in total. The van der Waals surface area contributed by atoms with Gasteiger partial charge >= 0.3 is 0 Å². The first kappa shape index (κ1) is 12.0. The third-order valence-corrected chi connectivity index (χ3v) is 3.82. The summed E-state index contributed by atoms with van der Waals surface area (Å²) < 4.78 is 10.8. The number of carbonyl (C=O) groups excluding carboxylic acids is 1. The Morgan fingerprint density at radius 2 is 1.81 bits per heavy atom. The van der Waals surface area contributed by atoms with Crippen molar-refractivity contribution in [3.8, 4) is 0 Å². The summed E-state index contributed by atoms with van der Waals surface area (Å²) in [5, 5.41) is 0. The Kier molecular flexibility index (Phi) is 3.95. The monoisotopic (exact) mass is 227 g/mol. The second-order valence-electron chi connectivity index (χ2n) is 4.79. The van der Waals surface area contributed by atoms with Crippen molar-refractivity contribution in [3.63, 3.8) is 0 Å². The van der Waals surface area contributed by atoms with Crippen LogP contribution in [0.5, 0.6) is 0 Å². The van der Waals surface area contributed by atoms with Crippen LogP contribution in [0.2, 0.25) is 0 Å². The van der Waals surface area contributed by atoms with Crippen molar-refractivity contribution in [2.45, 2.75) is 43.9 Å². The molecule has 0 amide bonds. The Bertz CT molecular complexity index is 245. The average Bonchev–Trinajstić information content (AvgIpc) is 2.72. The topological polar surface area (TPSA) is 38.8 Å². The molecule has 0 aromatic heterocycles. The van der Waals surface area contributed by atoms with E-state index in [9.17, 15) is 4.79 Å². The Morgan fingerprint density at radius 1 is 1.19 bits per heavy atom. The second-order valence-corrected chi connectivity index (χ2v) is 4.79. The van der Waals surface area contributed by atoms with Crippen molar-refractivity contribution >= 4 is 5.78 Å². The summed E-state index contributed by atoms with van der Waals surface area (Å²) in [4.78, 5) is 13.8. The standard InChI is InChI=1S/C12H21NO3/c1-15-11-7-13(8-12(11)16-2)9-4-3-5-10(14)6-9/h9,11-12H,3-8H2,1-2H3. The van der Waals surface area contributed by atoms with Crippen LogP contribution in [0, 0.1) is 0 Å². The minimum absolute atomic E-state index is 0.155. The highest BCUT2D eigenvalue weighted by molar-refractivity contribution is 5.79. The highest BCUT2D eigenvalue weighted by Gasteiger charge is 2.37. The molecule has 2 aliphatic rings. The predicted octanol–water partition coefficient (Wildman–Crippen LogP) is 0.844.